The summed E-state index contributed by atoms with van der Waals surface area (Å²) in [5.41, 5.74) is 5.86. The van der Waals surface area contributed by atoms with Crippen LogP contribution in [-0.2, 0) is 43.2 Å². The predicted molar refractivity (Wildman–Crippen MR) is 299 cm³/mol. The normalized spacial score (nSPS) is 13.7. The minimum atomic E-state index is -1.69. The lowest BCUT2D eigenvalue weighted by Gasteiger charge is -2.32. The van der Waals surface area contributed by atoms with E-state index in [1.807, 2.05) is 58.8 Å². The topological polar surface area (TPSA) is 352 Å². The number of tetrazole rings is 1. The molecule has 0 saturated heterocycles. The van der Waals surface area contributed by atoms with Gasteiger partial charge in [0.1, 0.15) is 41.8 Å². The van der Waals surface area contributed by atoms with E-state index in [1.54, 1.807) is 46.8 Å². The van der Waals surface area contributed by atoms with Crippen LogP contribution in [0.4, 0.5) is 5.69 Å². The number of aromatic nitrogens is 4. The van der Waals surface area contributed by atoms with Gasteiger partial charge < -0.3 is 58.5 Å². The summed E-state index contributed by atoms with van der Waals surface area (Å²) in [7, 11) is 3.82. The fourth-order valence-electron chi connectivity index (χ4n) is 7.97. The molecular weight excluding hydrogens is 1020 g/mol. The zero-order chi connectivity index (χ0) is 59.9. The molecule has 440 valence electrons. The Balaban J connectivity index is 2.27. The van der Waals surface area contributed by atoms with Crippen molar-refractivity contribution in [1.82, 2.24) is 68.1 Å². The molecule has 0 aliphatic heterocycles. The SMILES string of the molecule is C=C(C)C(=O)NCCCCC(NC(=O)C(NC(C)=O)C(C)C)C(=O)NC(CC(C)C)C(=O)NC(C)(C)C(=O)NC(C(=O)NC(CCCCNC(=O)c1nnn(-c2ccc(N(C)C)cc2)n1)C(=O)NC(CC(C)C)C(N)=O)C(C)C. The zero-order valence-electron chi connectivity index (χ0n) is 48.8. The van der Waals surface area contributed by atoms with Crippen LogP contribution in [0.5, 0.6) is 0 Å². The van der Waals surface area contributed by atoms with Gasteiger partial charge in [0.05, 0.1) is 5.69 Å². The third kappa shape index (κ3) is 23.6. The minimum absolute atomic E-state index is 0.0234. The first kappa shape index (κ1) is 67.6. The Kier molecular flexibility index (Phi) is 27.8. The van der Waals surface area contributed by atoms with Crippen LogP contribution < -0.4 is 58.5 Å². The second kappa shape index (κ2) is 32.4. The summed E-state index contributed by atoms with van der Waals surface area (Å²) in [6, 6.07) is 0.477. The Hall–Kier alpha value is -7.47. The van der Waals surface area contributed by atoms with E-state index in [9.17, 15) is 47.9 Å². The van der Waals surface area contributed by atoms with E-state index in [4.69, 9.17) is 5.73 Å². The van der Waals surface area contributed by atoms with Gasteiger partial charge in [0, 0.05) is 45.4 Å². The Morgan fingerprint density at radius 3 is 1.54 bits per heavy atom. The lowest BCUT2D eigenvalue weighted by molar-refractivity contribution is -0.138. The molecule has 11 N–H and O–H groups in total. The highest BCUT2D eigenvalue weighted by atomic mass is 16.2. The van der Waals surface area contributed by atoms with E-state index in [1.165, 1.54) is 25.6 Å². The number of hydrogen-bond acceptors (Lipinski definition) is 14. The number of nitrogens with one attached hydrogen (secondary N) is 9. The van der Waals surface area contributed by atoms with E-state index in [-0.39, 0.29) is 68.3 Å². The van der Waals surface area contributed by atoms with Gasteiger partial charge in [0.15, 0.2) is 0 Å². The third-order valence-corrected chi connectivity index (χ3v) is 12.5. The van der Waals surface area contributed by atoms with E-state index < -0.39 is 101 Å². The lowest BCUT2D eigenvalue weighted by Crippen LogP contribution is -2.64. The van der Waals surface area contributed by atoms with Crippen molar-refractivity contribution in [3.05, 3.63) is 42.2 Å². The van der Waals surface area contributed by atoms with E-state index >= 15 is 0 Å². The highest BCUT2D eigenvalue weighted by Crippen LogP contribution is 2.16. The standard InChI is InChI=1S/C54H89N15O10/c1-30(2)28-40(44(55)71)61-47(73)38(20-17-19-27-57-52(78)45-65-67-69(66-45)37-24-22-36(23-25-37)68(14)15)60-51(77)43(33(7)8)63-53(79)54(12,13)64-49(75)41(29-31(3)4)62-48(74)39(21-16-18-26-56-46(72)34(9)10)59-50(76)42(32(5)6)58-35(11)70/h22-25,30-33,38-43H,9,16-21,26-29H2,1-8,10-15H3,(H2,55,71)(H,56,72)(H,57,78)(H,58,70)(H,59,76)(H,60,77)(H,61,73)(H,62,74)(H,63,79)(H,64,75). The summed E-state index contributed by atoms with van der Waals surface area (Å²) in [5, 5.41) is 36.5. The van der Waals surface area contributed by atoms with E-state index in [0.717, 1.165) is 5.69 Å². The van der Waals surface area contributed by atoms with E-state index in [2.05, 4.69) is 69.8 Å². The van der Waals surface area contributed by atoms with Gasteiger partial charge in [-0.2, -0.15) is 0 Å². The van der Waals surface area contributed by atoms with Crippen LogP contribution in [0, 0.1) is 23.7 Å². The summed E-state index contributed by atoms with van der Waals surface area (Å²) in [4.78, 5) is 136. The van der Waals surface area contributed by atoms with Gasteiger partial charge in [-0.1, -0.05) is 62.0 Å². The second-order valence-corrected chi connectivity index (χ2v) is 22.2. The quantitative estimate of drug-likeness (QED) is 0.0348. The number of primary amides is 1. The molecule has 1 heterocycles. The third-order valence-electron chi connectivity index (χ3n) is 12.5. The first-order chi connectivity index (χ1) is 36.8. The molecule has 2 aromatic rings. The maximum atomic E-state index is 14.2. The van der Waals surface area contributed by atoms with Gasteiger partial charge in [-0.3, -0.25) is 47.9 Å². The van der Waals surface area contributed by atoms with Crippen LogP contribution in [0.1, 0.15) is 145 Å². The van der Waals surface area contributed by atoms with Crippen molar-refractivity contribution in [2.75, 3.05) is 32.1 Å². The van der Waals surface area contributed by atoms with Crippen LogP contribution in [0.25, 0.3) is 5.69 Å². The molecule has 0 bridgehead atoms. The number of carbonyl (C=O) groups is 10. The Labute approximate surface area is 465 Å². The first-order valence-corrected chi connectivity index (χ1v) is 27.0. The molecule has 6 unspecified atom stereocenters. The van der Waals surface area contributed by atoms with Gasteiger partial charge in [0.2, 0.25) is 53.2 Å². The highest BCUT2D eigenvalue weighted by molar-refractivity contribution is 5.99. The minimum Gasteiger partial charge on any atom is -0.378 e. The molecule has 0 aliphatic carbocycles. The largest absolute Gasteiger partial charge is 0.378 e. The van der Waals surface area contributed by atoms with Crippen molar-refractivity contribution in [2.24, 2.45) is 29.4 Å². The number of unbranched alkanes of at least 4 members (excludes halogenated alkanes) is 2. The molecule has 25 nitrogen and oxygen atoms in total. The van der Waals surface area contributed by atoms with Crippen molar-refractivity contribution in [2.45, 2.75) is 176 Å². The molecule has 1 aromatic heterocycles. The van der Waals surface area contributed by atoms with Crippen molar-refractivity contribution < 1.29 is 47.9 Å². The fourth-order valence-corrected chi connectivity index (χ4v) is 7.97. The lowest BCUT2D eigenvalue weighted by atomic mass is 9.97. The van der Waals surface area contributed by atoms with Gasteiger partial charge in [-0.05, 0) is 125 Å². The van der Waals surface area contributed by atoms with Gasteiger partial charge >= 0.3 is 0 Å². The van der Waals surface area contributed by atoms with Crippen molar-refractivity contribution >= 4 is 64.8 Å². The molecule has 0 radical (unpaired) electrons. The first-order valence-electron chi connectivity index (χ1n) is 27.0. The summed E-state index contributed by atoms with van der Waals surface area (Å²) in [5.74, 6) is -7.57. The Bertz CT molecular complexity index is 2420. The molecule has 0 spiro atoms. The predicted octanol–water partition coefficient (Wildman–Crippen LogP) is 1.20. The smallest absolute Gasteiger partial charge is 0.292 e. The molecule has 25 heteroatoms. The number of hydrogen-bond donors (Lipinski definition) is 10. The van der Waals surface area contributed by atoms with Crippen LogP contribution in [0.15, 0.2) is 36.4 Å². The monoisotopic (exact) mass is 1110 g/mol. The molecule has 1 aromatic carbocycles. The average Bonchev–Trinajstić information content (AvgIpc) is 3.85. The maximum Gasteiger partial charge on any atom is 0.292 e. The molecule has 10 amide bonds. The van der Waals surface area contributed by atoms with Gasteiger partial charge in [-0.25, -0.2) is 0 Å². The number of rotatable bonds is 34. The summed E-state index contributed by atoms with van der Waals surface area (Å²) < 4.78 is 0. The highest BCUT2D eigenvalue weighted by Gasteiger charge is 2.38. The van der Waals surface area contributed by atoms with Crippen LogP contribution in [0.2, 0.25) is 0 Å². The van der Waals surface area contributed by atoms with Crippen LogP contribution >= 0.6 is 0 Å². The van der Waals surface area contributed by atoms with E-state index in [0.29, 0.717) is 36.9 Å². The number of amides is 10. The summed E-state index contributed by atoms with van der Waals surface area (Å²) in [6.45, 7) is 23.9. The summed E-state index contributed by atoms with van der Waals surface area (Å²) >= 11 is 0. The number of nitrogens with zero attached hydrogens (tertiary/aromatic N) is 5. The van der Waals surface area contributed by atoms with Gasteiger partial charge in [0.25, 0.3) is 11.7 Å². The number of nitrogens with two attached hydrogens (primary N) is 1. The molecule has 0 aliphatic rings. The summed E-state index contributed by atoms with van der Waals surface area (Å²) in [6.07, 6.45) is 1.96. The molecule has 6 atom stereocenters. The second-order valence-electron chi connectivity index (χ2n) is 22.2. The average molecular weight is 1110 g/mol. The fraction of sp³-hybridized carbons (Fsp3) is 0.648. The van der Waals surface area contributed by atoms with Crippen LogP contribution in [0.3, 0.4) is 0 Å². The number of benzene rings is 1. The maximum absolute atomic E-state index is 14.2. The zero-order valence-corrected chi connectivity index (χ0v) is 48.8. The van der Waals surface area contributed by atoms with Crippen molar-refractivity contribution in [3.8, 4) is 5.69 Å². The van der Waals surface area contributed by atoms with Gasteiger partial charge in [-0.15, -0.1) is 15.0 Å². The molecule has 0 fully saturated rings. The Morgan fingerprint density at radius 2 is 1.09 bits per heavy atom. The molecular formula is C54H89N15O10. The van der Waals surface area contributed by atoms with Crippen LogP contribution in [-0.4, -0.2) is 148 Å². The molecule has 2 rings (SSSR count). The number of anilines is 1. The number of carbonyl (C=O) groups excluding carboxylic acids is 10. The molecule has 0 saturated carbocycles. The molecule has 79 heavy (non-hydrogen) atoms. The van der Waals surface area contributed by atoms with Crippen molar-refractivity contribution in [1.29, 1.82) is 0 Å². The van der Waals surface area contributed by atoms with Crippen molar-refractivity contribution in [3.63, 3.8) is 0 Å². The Morgan fingerprint density at radius 1 is 0.620 bits per heavy atom.